The van der Waals surface area contributed by atoms with Crippen molar-refractivity contribution in [3.63, 3.8) is 0 Å². The van der Waals surface area contributed by atoms with E-state index in [0.717, 1.165) is 28.0 Å². The zero-order valence-corrected chi connectivity index (χ0v) is 22.3. The first-order valence-corrected chi connectivity index (χ1v) is 13.6. The third-order valence-electron chi connectivity index (χ3n) is 7.51. The number of pyridine rings is 1. The lowest BCUT2D eigenvalue weighted by atomic mass is 9.89. The SMILES string of the molecule is N#Cc1ccc(N(c2ccccc2)c2c3ccccc3c(-c3cccc(-c4ccccc4)c3)c3ccccc23)nc1. The Bertz CT molecular complexity index is 1980. The van der Waals surface area contributed by atoms with Gasteiger partial charge in [0.15, 0.2) is 0 Å². The minimum absolute atomic E-state index is 0.533. The quantitative estimate of drug-likeness (QED) is 0.211. The lowest BCUT2D eigenvalue weighted by molar-refractivity contribution is 1.18. The second-order valence-corrected chi connectivity index (χ2v) is 9.95. The summed E-state index contributed by atoms with van der Waals surface area (Å²) in [4.78, 5) is 6.95. The van der Waals surface area contributed by atoms with Crippen LogP contribution in [0.15, 0.2) is 152 Å². The smallest absolute Gasteiger partial charge is 0.137 e. The molecule has 0 radical (unpaired) electrons. The Labute approximate surface area is 239 Å². The maximum absolute atomic E-state index is 9.41. The van der Waals surface area contributed by atoms with Crippen molar-refractivity contribution in [1.29, 1.82) is 5.26 Å². The average molecular weight is 524 g/mol. The molecule has 0 amide bonds. The molecule has 0 aliphatic rings. The van der Waals surface area contributed by atoms with E-state index >= 15 is 0 Å². The number of para-hydroxylation sites is 1. The van der Waals surface area contributed by atoms with Gasteiger partial charge in [-0.3, -0.25) is 4.90 Å². The Hall–Kier alpha value is -5.72. The van der Waals surface area contributed by atoms with Crippen LogP contribution in [0.25, 0.3) is 43.8 Å². The first-order valence-electron chi connectivity index (χ1n) is 13.6. The summed E-state index contributed by atoms with van der Waals surface area (Å²) in [5, 5.41) is 14.0. The largest absolute Gasteiger partial charge is 0.294 e. The van der Waals surface area contributed by atoms with Gasteiger partial charge in [0.2, 0.25) is 0 Å². The van der Waals surface area contributed by atoms with Crippen molar-refractivity contribution >= 4 is 38.7 Å². The first kappa shape index (κ1) is 24.3. The van der Waals surface area contributed by atoms with Gasteiger partial charge in [-0.25, -0.2) is 4.98 Å². The molecule has 3 heteroatoms. The maximum Gasteiger partial charge on any atom is 0.137 e. The Morgan fingerprint density at radius 2 is 1.07 bits per heavy atom. The summed E-state index contributed by atoms with van der Waals surface area (Å²) in [5.41, 5.74) is 7.35. The molecule has 0 saturated carbocycles. The van der Waals surface area contributed by atoms with E-state index in [4.69, 9.17) is 4.98 Å². The fourth-order valence-electron chi connectivity index (χ4n) is 5.68. The third kappa shape index (κ3) is 4.38. The van der Waals surface area contributed by atoms with Gasteiger partial charge in [-0.15, -0.1) is 0 Å². The van der Waals surface area contributed by atoms with Gasteiger partial charge in [-0.05, 0) is 63.4 Å². The predicted molar refractivity (Wildman–Crippen MR) is 170 cm³/mol. The highest BCUT2D eigenvalue weighted by molar-refractivity contribution is 6.22. The summed E-state index contributed by atoms with van der Waals surface area (Å²) < 4.78 is 0. The molecule has 1 heterocycles. The van der Waals surface area contributed by atoms with Gasteiger partial charge < -0.3 is 0 Å². The van der Waals surface area contributed by atoms with Gasteiger partial charge >= 0.3 is 0 Å². The van der Waals surface area contributed by atoms with Crippen LogP contribution in [-0.4, -0.2) is 4.98 Å². The predicted octanol–water partition coefficient (Wildman–Crippen LogP) is 10.1. The summed E-state index contributed by atoms with van der Waals surface area (Å²) in [6, 6.07) is 52.8. The molecule has 0 bridgehead atoms. The molecule has 3 nitrogen and oxygen atoms in total. The van der Waals surface area contributed by atoms with Crippen molar-refractivity contribution in [3.05, 3.63) is 157 Å². The molecule has 41 heavy (non-hydrogen) atoms. The van der Waals surface area contributed by atoms with Crippen LogP contribution in [0.5, 0.6) is 0 Å². The second-order valence-electron chi connectivity index (χ2n) is 9.95. The van der Waals surface area contributed by atoms with Crippen molar-refractivity contribution in [2.24, 2.45) is 0 Å². The van der Waals surface area contributed by atoms with Crippen LogP contribution >= 0.6 is 0 Å². The molecule has 0 unspecified atom stereocenters. The lowest BCUT2D eigenvalue weighted by Gasteiger charge is -2.28. The molecule has 0 fully saturated rings. The molecular weight excluding hydrogens is 498 g/mol. The zero-order chi connectivity index (χ0) is 27.6. The average Bonchev–Trinajstić information content (AvgIpc) is 3.06. The summed E-state index contributed by atoms with van der Waals surface area (Å²) in [6.45, 7) is 0. The van der Waals surface area contributed by atoms with E-state index < -0.39 is 0 Å². The van der Waals surface area contributed by atoms with Crippen molar-refractivity contribution in [1.82, 2.24) is 4.98 Å². The highest BCUT2D eigenvalue weighted by atomic mass is 15.2. The molecule has 0 aliphatic carbocycles. The van der Waals surface area contributed by atoms with E-state index in [-0.39, 0.29) is 0 Å². The van der Waals surface area contributed by atoms with Crippen molar-refractivity contribution < 1.29 is 0 Å². The fourth-order valence-corrected chi connectivity index (χ4v) is 5.68. The number of aromatic nitrogens is 1. The fraction of sp³-hybridized carbons (Fsp3) is 0. The summed E-state index contributed by atoms with van der Waals surface area (Å²) in [5.74, 6) is 0.754. The molecule has 0 aliphatic heterocycles. The number of nitrogens with zero attached hydrogens (tertiary/aromatic N) is 3. The third-order valence-corrected chi connectivity index (χ3v) is 7.51. The molecule has 0 spiro atoms. The Morgan fingerprint density at radius 1 is 0.512 bits per heavy atom. The molecule has 0 N–H and O–H groups in total. The monoisotopic (exact) mass is 523 g/mol. The molecule has 6 aromatic carbocycles. The Morgan fingerprint density at radius 3 is 1.68 bits per heavy atom. The molecule has 0 saturated heterocycles. The molecule has 7 rings (SSSR count). The summed E-state index contributed by atoms with van der Waals surface area (Å²) >= 11 is 0. The summed E-state index contributed by atoms with van der Waals surface area (Å²) in [6.07, 6.45) is 1.64. The van der Waals surface area contributed by atoms with Crippen molar-refractivity contribution in [2.45, 2.75) is 0 Å². The topological polar surface area (TPSA) is 39.9 Å². The second kappa shape index (κ2) is 10.4. The molecular formula is C38H25N3. The van der Waals surface area contributed by atoms with Crippen LogP contribution in [0.3, 0.4) is 0 Å². The first-order chi connectivity index (χ1) is 20.3. The van der Waals surface area contributed by atoms with E-state index in [9.17, 15) is 5.26 Å². The summed E-state index contributed by atoms with van der Waals surface area (Å²) in [7, 11) is 0. The van der Waals surface area contributed by atoms with Crippen LogP contribution in [0.1, 0.15) is 5.56 Å². The van der Waals surface area contributed by atoms with Crippen LogP contribution in [0.2, 0.25) is 0 Å². The molecule has 7 aromatic rings. The van der Waals surface area contributed by atoms with Crippen LogP contribution < -0.4 is 4.90 Å². The number of anilines is 3. The molecule has 1 aromatic heterocycles. The van der Waals surface area contributed by atoms with E-state index in [1.807, 2.05) is 36.4 Å². The van der Waals surface area contributed by atoms with Crippen LogP contribution in [0, 0.1) is 11.3 Å². The van der Waals surface area contributed by atoms with Gasteiger partial charge in [0, 0.05) is 22.7 Å². The molecule has 192 valence electrons. The normalized spacial score (nSPS) is 10.9. The van der Waals surface area contributed by atoms with Gasteiger partial charge in [-0.1, -0.05) is 115 Å². The highest BCUT2D eigenvalue weighted by Gasteiger charge is 2.22. The number of nitriles is 1. The minimum Gasteiger partial charge on any atom is -0.294 e. The van der Waals surface area contributed by atoms with Gasteiger partial charge in [-0.2, -0.15) is 5.26 Å². The molecule has 0 atom stereocenters. The minimum atomic E-state index is 0.533. The highest BCUT2D eigenvalue weighted by Crippen LogP contribution is 2.47. The number of rotatable bonds is 5. The number of hydrogen-bond acceptors (Lipinski definition) is 3. The van der Waals surface area contributed by atoms with E-state index in [2.05, 4.69) is 120 Å². The standard InChI is InChI=1S/C38H25N3/c39-25-27-22-23-36(40-26-27)41(31-16-5-2-6-17-31)38-34-20-9-7-18-32(34)37(33-19-8-10-21-35(33)38)30-15-11-14-29(24-30)28-12-3-1-4-13-28/h1-24,26H. The number of fused-ring (bicyclic) bond motifs is 2. The van der Waals surface area contributed by atoms with E-state index in [0.29, 0.717) is 5.56 Å². The Balaban J connectivity index is 1.55. The van der Waals surface area contributed by atoms with Gasteiger partial charge in [0.05, 0.1) is 11.3 Å². The zero-order valence-electron chi connectivity index (χ0n) is 22.3. The maximum atomic E-state index is 9.41. The van der Waals surface area contributed by atoms with Crippen molar-refractivity contribution in [2.75, 3.05) is 4.90 Å². The number of hydrogen-bond donors (Lipinski definition) is 0. The van der Waals surface area contributed by atoms with Crippen molar-refractivity contribution in [3.8, 4) is 28.3 Å². The Kier molecular flexibility index (Phi) is 6.20. The van der Waals surface area contributed by atoms with Gasteiger partial charge in [0.25, 0.3) is 0 Å². The van der Waals surface area contributed by atoms with Crippen LogP contribution in [0.4, 0.5) is 17.2 Å². The van der Waals surface area contributed by atoms with Gasteiger partial charge in [0.1, 0.15) is 11.9 Å². The van der Waals surface area contributed by atoms with Crippen LogP contribution in [-0.2, 0) is 0 Å². The van der Waals surface area contributed by atoms with E-state index in [1.165, 1.54) is 33.0 Å². The van der Waals surface area contributed by atoms with E-state index in [1.54, 1.807) is 6.20 Å². The lowest BCUT2D eigenvalue weighted by Crippen LogP contribution is -2.13. The number of benzene rings is 6.